The minimum absolute atomic E-state index is 0.0816. The van der Waals surface area contributed by atoms with Crippen molar-refractivity contribution in [2.45, 2.75) is 26.4 Å². The molecule has 2 aromatic carbocycles. The largest absolute Gasteiger partial charge is 0.482 e. The standard InChI is InChI=1S/C22H22N2O6/c1-14(25)16-7-3-4-8-17(16)23-22(28)15(2)30-21(27)11-12-24-18-9-5-6-10-19(18)29-13-20(24)26/h3-10,15H,11-13H2,1-2H3,(H,23,28)/t15-/m1/s1. The highest BCUT2D eigenvalue weighted by Crippen LogP contribution is 2.31. The number of anilines is 2. The van der Waals surface area contributed by atoms with E-state index in [1.807, 2.05) is 0 Å². The lowest BCUT2D eigenvalue weighted by atomic mass is 10.1. The highest BCUT2D eigenvalue weighted by molar-refractivity contribution is 6.04. The first-order chi connectivity index (χ1) is 14.4. The van der Waals surface area contributed by atoms with Crippen molar-refractivity contribution in [3.05, 3.63) is 54.1 Å². The van der Waals surface area contributed by atoms with Gasteiger partial charge in [-0.05, 0) is 38.1 Å². The number of rotatable bonds is 7. The maximum atomic E-state index is 12.4. The van der Waals surface area contributed by atoms with E-state index in [9.17, 15) is 19.2 Å². The van der Waals surface area contributed by atoms with Gasteiger partial charge in [0.15, 0.2) is 18.5 Å². The van der Waals surface area contributed by atoms with E-state index in [4.69, 9.17) is 9.47 Å². The monoisotopic (exact) mass is 410 g/mol. The second-order valence-corrected chi connectivity index (χ2v) is 6.77. The number of hydrogen-bond acceptors (Lipinski definition) is 6. The van der Waals surface area contributed by atoms with Crippen LogP contribution in [0.3, 0.4) is 0 Å². The molecule has 8 heteroatoms. The van der Waals surface area contributed by atoms with E-state index in [1.165, 1.54) is 18.7 Å². The molecule has 0 aromatic heterocycles. The van der Waals surface area contributed by atoms with Crippen LogP contribution in [0.15, 0.2) is 48.5 Å². The van der Waals surface area contributed by atoms with Crippen LogP contribution in [0, 0.1) is 0 Å². The van der Waals surface area contributed by atoms with Crippen LogP contribution in [-0.4, -0.2) is 42.8 Å². The Morgan fingerprint density at radius 3 is 2.60 bits per heavy atom. The topological polar surface area (TPSA) is 102 Å². The van der Waals surface area contributed by atoms with Gasteiger partial charge in [-0.15, -0.1) is 0 Å². The minimum atomic E-state index is -1.06. The van der Waals surface area contributed by atoms with Gasteiger partial charge >= 0.3 is 5.97 Å². The van der Waals surface area contributed by atoms with Crippen molar-refractivity contribution in [1.82, 2.24) is 0 Å². The summed E-state index contributed by atoms with van der Waals surface area (Å²) < 4.78 is 10.6. The van der Waals surface area contributed by atoms with Crippen LogP contribution in [0.5, 0.6) is 5.75 Å². The van der Waals surface area contributed by atoms with Crippen LogP contribution in [0.25, 0.3) is 0 Å². The van der Waals surface area contributed by atoms with E-state index in [2.05, 4.69) is 5.32 Å². The molecule has 0 unspecified atom stereocenters. The molecule has 1 heterocycles. The van der Waals surface area contributed by atoms with Crippen molar-refractivity contribution in [3.8, 4) is 5.75 Å². The lowest BCUT2D eigenvalue weighted by Crippen LogP contribution is -2.40. The van der Waals surface area contributed by atoms with Crippen molar-refractivity contribution in [3.63, 3.8) is 0 Å². The van der Waals surface area contributed by atoms with Gasteiger partial charge in [0.05, 0.1) is 17.8 Å². The summed E-state index contributed by atoms with van der Waals surface area (Å²) in [6.07, 6.45) is -1.15. The van der Waals surface area contributed by atoms with Crippen LogP contribution in [0.1, 0.15) is 30.6 Å². The van der Waals surface area contributed by atoms with Gasteiger partial charge in [-0.1, -0.05) is 24.3 Å². The number of hydrogen-bond donors (Lipinski definition) is 1. The zero-order valence-electron chi connectivity index (χ0n) is 16.7. The Labute approximate surface area is 173 Å². The van der Waals surface area contributed by atoms with Gasteiger partial charge in [-0.25, -0.2) is 0 Å². The van der Waals surface area contributed by atoms with Crippen molar-refractivity contribution in [2.24, 2.45) is 0 Å². The summed E-state index contributed by atoms with van der Waals surface area (Å²) in [4.78, 5) is 49.9. The minimum Gasteiger partial charge on any atom is -0.482 e. The van der Waals surface area contributed by atoms with E-state index in [-0.39, 0.29) is 31.3 Å². The fraction of sp³-hybridized carbons (Fsp3) is 0.273. The molecule has 1 N–H and O–H groups in total. The molecule has 0 saturated heterocycles. The quantitative estimate of drug-likeness (QED) is 0.556. The summed E-state index contributed by atoms with van der Waals surface area (Å²) in [5.74, 6) is -1.04. The summed E-state index contributed by atoms with van der Waals surface area (Å²) in [6.45, 7) is 2.86. The van der Waals surface area contributed by atoms with Gasteiger partial charge in [-0.3, -0.25) is 19.2 Å². The van der Waals surface area contributed by atoms with Gasteiger partial charge in [0.1, 0.15) is 5.75 Å². The molecule has 0 radical (unpaired) electrons. The number of carbonyl (C=O) groups is 4. The second-order valence-electron chi connectivity index (χ2n) is 6.77. The van der Waals surface area contributed by atoms with Crippen LogP contribution < -0.4 is 15.0 Å². The van der Waals surface area contributed by atoms with Gasteiger partial charge < -0.3 is 19.7 Å². The summed E-state index contributed by atoms with van der Waals surface area (Å²) in [6, 6.07) is 13.6. The molecule has 30 heavy (non-hydrogen) atoms. The Bertz CT molecular complexity index is 987. The van der Waals surface area contributed by atoms with Crippen LogP contribution in [0.4, 0.5) is 11.4 Å². The van der Waals surface area contributed by atoms with Crippen LogP contribution >= 0.6 is 0 Å². The van der Waals surface area contributed by atoms with Crippen molar-refractivity contribution in [2.75, 3.05) is 23.4 Å². The Kier molecular flexibility index (Phi) is 6.46. The highest BCUT2D eigenvalue weighted by atomic mass is 16.5. The Morgan fingerprint density at radius 2 is 1.83 bits per heavy atom. The molecular formula is C22H22N2O6. The molecule has 0 saturated carbocycles. The number of carbonyl (C=O) groups excluding carboxylic acids is 4. The maximum absolute atomic E-state index is 12.4. The summed E-state index contributed by atoms with van der Waals surface area (Å²) in [5.41, 5.74) is 1.32. The lowest BCUT2D eigenvalue weighted by Gasteiger charge is -2.29. The van der Waals surface area contributed by atoms with Crippen molar-refractivity contribution >= 4 is 34.9 Å². The van der Waals surface area contributed by atoms with Gasteiger partial charge in [0.25, 0.3) is 11.8 Å². The number of ketones is 1. The van der Waals surface area contributed by atoms with Crippen LogP contribution in [0.2, 0.25) is 0 Å². The zero-order valence-corrected chi connectivity index (χ0v) is 16.7. The number of nitrogens with one attached hydrogen (secondary N) is 1. The number of ether oxygens (including phenoxy) is 2. The number of para-hydroxylation sites is 3. The number of fused-ring (bicyclic) bond motifs is 1. The van der Waals surface area contributed by atoms with E-state index in [0.29, 0.717) is 22.7 Å². The molecule has 2 aromatic rings. The molecule has 0 aliphatic carbocycles. The molecular weight excluding hydrogens is 388 g/mol. The molecule has 2 amide bonds. The number of benzene rings is 2. The fourth-order valence-corrected chi connectivity index (χ4v) is 3.05. The smallest absolute Gasteiger partial charge is 0.308 e. The predicted octanol–water partition coefficient (Wildman–Crippen LogP) is 2.58. The van der Waals surface area contributed by atoms with Gasteiger partial charge in [0.2, 0.25) is 0 Å². The fourth-order valence-electron chi connectivity index (χ4n) is 3.05. The first-order valence-electron chi connectivity index (χ1n) is 9.49. The molecule has 1 atom stereocenters. The highest BCUT2D eigenvalue weighted by Gasteiger charge is 2.26. The molecule has 0 fully saturated rings. The molecule has 0 spiro atoms. The molecule has 0 bridgehead atoms. The SMILES string of the molecule is CC(=O)c1ccccc1NC(=O)[C@@H](C)OC(=O)CCN1C(=O)COc2ccccc21. The molecule has 3 rings (SSSR count). The Balaban J connectivity index is 1.56. The number of esters is 1. The van der Waals surface area contributed by atoms with E-state index in [0.717, 1.165) is 0 Å². The van der Waals surface area contributed by atoms with E-state index < -0.39 is 18.0 Å². The second kappa shape index (κ2) is 9.21. The number of amides is 2. The summed E-state index contributed by atoms with van der Waals surface area (Å²) in [7, 11) is 0. The Hall–Kier alpha value is -3.68. The Morgan fingerprint density at radius 1 is 1.13 bits per heavy atom. The first kappa shape index (κ1) is 21.0. The van der Waals surface area contributed by atoms with E-state index >= 15 is 0 Å². The third-order valence-electron chi connectivity index (χ3n) is 4.59. The predicted molar refractivity (Wildman–Crippen MR) is 110 cm³/mol. The zero-order chi connectivity index (χ0) is 21.7. The summed E-state index contributed by atoms with van der Waals surface area (Å²) in [5, 5.41) is 2.60. The van der Waals surface area contributed by atoms with Gasteiger partial charge in [-0.2, -0.15) is 0 Å². The summed E-state index contributed by atoms with van der Waals surface area (Å²) >= 11 is 0. The normalized spacial score (nSPS) is 13.7. The lowest BCUT2D eigenvalue weighted by molar-refractivity contribution is -0.153. The van der Waals surface area contributed by atoms with E-state index in [1.54, 1.807) is 48.5 Å². The third kappa shape index (κ3) is 4.83. The average molecular weight is 410 g/mol. The molecule has 8 nitrogen and oxygen atoms in total. The molecule has 1 aliphatic rings. The maximum Gasteiger partial charge on any atom is 0.308 e. The molecule has 156 valence electrons. The third-order valence-corrected chi connectivity index (χ3v) is 4.59. The van der Waals surface area contributed by atoms with Crippen LogP contribution in [-0.2, 0) is 19.1 Å². The number of nitrogens with zero attached hydrogens (tertiary/aromatic N) is 1. The van der Waals surface area contributed by atoms with Crippen molar-refractivity contribution < 1.29 is 28.7 Å². The number of Topliss-reactive ketones (excluding diaryl/α,β-unsaturated/α-hetero) is 1. The first-order valence-corrected chi connectivity index (χ1v) is 9.49. The average Bonchev–Trinajstić information content (AvgIpc) is 2.73. The van der Waals surface area contributed by atoms with Gasteiger partial charge in [0, 0.05) is 12.1 Å². The molecule has 1 aliphatic heterocycles. The van der Waals surface area contributed by atoms with Crippen molar-refractivity contribution in [1.29, 1.82) is 0 Å².